The van der Waals surface area contributed by atoms with E-state index in [2.05, 4.69) is 10.2 Å². The summed E-state index contributed by atoms with van der Waals surface area (Å²) in [6, 6.07) is 0. The number of ether oxygens (including phenoxy) is 1. The van der Waals surface area contributed by atoms with E-state index in [4.69, 9.17) is 14.3 Å². The molecule has 1 N–H and O–H groups in total. The van der Waals surface area contributed by atoms with Crippen molar-refractivity contribution in [2.45, 2.75) is 43.4 Å². The van der Waals surface area contributed by atoms with Crippen molar-refractivity contribution in [2.24, 2.45) is 0 Å². The topological polar surface area (TPSA) is 85.5 Å². The molecule has 0 radical (unpaired) electrons. The fourth-order valence-electron chi connectivity index (χ4n) is 1.84. The van der Waals surface area contributed by atoms with Crippen molar-refractivity contribution in [3.05, 3.63) is 5.89 Å². The number of rotatable bonds is 6. The molecule has 2 rings (SSSR count). The normalized spacial score (nSPS) is 19.9. The summed E-state index contributed by atoms with van der Waals surface area (Å²) in [5.74, 6) is -0.402. The van der Waals surface area contributed by atoms with Crippen LogP contribution >= 0.6 is 11.8 Å². The number of hydrogen-bond donors (Lipinski definition) is 1. The molecule has 1 aromatic heterocycles. The predicted octanol–water partition coefficient (Wildman–Crippen LogP) is 1.75. The Morgan fingerprint density at radius 2 is 2.33 bits per heavy atom. The van der Waals surface area contributed by atoms with Crippen molar-refractivity contribution in [2.75, 3.05) is 12.4 Å². The third-order valence-corrected chi connectivity index (χ3v) is 3.52. The summed E-state index contributed by atoms with van der Waals surface area (Å²) in [4.78, 5) is 10.4. The minimum atomic E-state index is -0.893. The summed E-state index contributed by atoms with van der Waals surface area (Å²) in [5.41, 5.74) is 0. The molecule has 1 unspecified atom stereocenters. The number of carboxylic acid groups (broad SMARTS) is 1. The maximum absolute atomic E-state index is 10.4. The number of nitrogens with zero attached hydrogens (tertiary/aromatic N) is 2. The van der Waals surface area contributed by atoms with E-state index < -0.39 is 5.97 Å². The van der Waals surface area contributed by atoms with E-state index in [9.17, 15) is 4.79 Å². The molecule has 6 nitrogen and oxygen atoms in total. The number of carboxylic acids is 1. The molecule has 1 fully saturated rings. The number of aliphatic carboxylic acids is 1. The molecule has 18 heavy (non-hydrogen) atoms. The molecule has 0 spiro atoms. The molecular formula is C11H16N2O4S. The zero-order valence-corrected chi connectivity index (χ0v) is 10.8. The Balaban J connectivity index is 1.73. The minimum absolute atomic E-state index is 0.0621. The van der Waals surface area contributed by atoms with E-state index in [1.54, 1.807) is 0 Å². The Labute approximate surface area is 109 Å². The smallest absolute Gasteiger partial charge is 0.314 e. The number of hydrogen-bond acceptors (Lipinski definition) is 6. The first-order valence-electron chi connectivity index (χ1n) is 6.02. The second kappa shape index (κ2) is 6.75. The Morgan fingerprint density at radius 1 is 1.44 bits per heavy atom. The van der Waals surface area contributed by atoms with E-state index in [-0.39, 0.29) is 5.75 Å². The van der Waals surface area contributed by atoms with Crippen molar-refractivity contribution in [1.82, 2.24) is 10.2 Å². The van der Waals surface area contributed by atoms with Crippen LogP contribution in [0.5, 0.6) is 0 Å². The molecule has 0 aliphatic carbocycles. The van der Waals surface area contributed by atoms with Crippen LogP contribution in [0, 0.1) is 0 Å². The van der Waals surface area contributed by atoms with Gasteiger partial charge in [0, 0.05) is 13.0 Å². The average molecular weight is 272 g/mol. The largest absolute Gasteiger partial charge is 0.481 e. The summed E-state index contributed by atoms with van der Waals surface area (Å²) in [6.45, 7) is 0.841. The number of thioether (sulfide) groups is 1. The molecule has 0 aromatic carbocycles. The van der Waals surface area contributed by atoms with Crippen LogP contribution in [0.25, 0.3) is 0 Å². The monoisotopic (exact) mass is 272 g/mol. The van der Waals surface area contributed by atoms with Crippen molar-refractivity contribution in [1.29, 1.82) is 0 Å². The molecule has 0 saturated carbocycles. The number of aryl methyl sites for hydroxylation is 1. The second-order valence-corrected chi connectivity index (χ2v) is 5.10. The van der Waals surface area contributed by atoms with Gasteiger partial charge in [-0.3, -0.25) is 4.79 Å². The first kappa shape index (κ1) is 13.4. The average Bonchev–Trinajstić information content (AvgIpc) is 2.83. The lowest BCUT2D eigenvalue weighted by atomic mass is 10.0. The molecule has 2 heterocycles. The van der Waals surface area contributed by atoms with E-state index in [0.29, 0.717) is 23.6 Å². The van der Waals surface area contributed by atoms with Crippen molar-refractivity contribution < 1.29 is 19.1 Å². The molecular weight excluding hydrogens is 256 g/mol. The SMILES string of the molecule is O=C(O)CSc1nnc(CCC2CCCCO2)o1. The molecule has 1 atom stereocenters. The standard InChI is InChI=1S/C11H16N2O4S/c14-10(15)7-18-11-13-12-9(17-11)5-4-8-3-1-2-6-16-8/h8H,1-7H2,(H,14,15). The van der Waals surface area contributed by atoms with Crippen molar-refractivity contribution >= 4 is 17.7 Å². The highest BCUT2D eigenvalue weighted by Gasteiger charge is 2.15. The highest BCUT2D eigenvalue weighted by atomic mass is 32.2. The fraction of sp³-hybridized carbons (Fsp3) is 0.727. The van der Waals surface area contributed by atoms with Gasteiger partial charge in [0.1, 0.15) is 5.75 Å². The van der Waals surface area contributed by atoms with Gasteiger partial charge in [-0.05, 0) is 25.7 Å². The molecule has 7 heteroatoms. The Kier molecular flexibility index (Phi) is 5.00. The van der Waals surface area contributed by atoms with E-state index in [1.165, 1.54) is 6.42 Å². The summed E-state index contributed by atoms with van der Waals surface area (Å²) >= 11 is 1.04. The second-order valence-electron chi connectivity index (χ2n) is 4.17. The van der Waals surface area contributed by atoms with Gasteiger partial charge in [0.25, 0.3) is 5.22 Å². The third kappa shape index (κ3) is 4.30. The van der Waals surface area contributed by atoms with Gasteiger partial charge in [0.05, 0.1) is 6.10 Å². The first-order chi connectivity index (χ1) is 8.74. The molecule has 1 aliphatic heterocycles. The lowest BCUT2D eigenvalue weighted by molar-refractivity contribution is -0.133. The molecule has 0 bridgehead atoms. The summed E-state index contributed by atoms with van der Waals surface area (Å²) in [6.07, 6.45) is 5.31. The molecule has 1 aromatic rings. The van der Waals surface area contributed by atoms with E-state index >= 15 is 0 Å². The van der Waals surface area contributed by atoms with Gasteiger partial charge in [-0.2, -0.15) is 0 Å². The van der Waals surface area contributed by atoms with Crippen molar-refractivity contribution in [3.63, 3.8) is 0 Å². The lowest BCUT2D eigenvalue weighted by Crippen LogP contribution is -2.19. The Hall–Kier alpha value is -1.08. The predicted molar refractivity (Wildman–Crippen MR) is 64.6 cm³/mol. The van der Waals surface area contributed by atoms with Crippen molar-refractivity contribution in [3.8, 4) is 0 Å². The van der Waals surface area contributed by atoms with Crippen LogP contribution in [0.3, 0.4) is 0 Å². The van der Waals surface area contributed by atoms with Gasteiger partial charge in [-0.1, -0.05) is 11.8 Å². The Morgan fingerprint density at radius 3 is 3.06 bits per heavy atom. The zero-order valence-electron chi connectivity index (χ0n) is 10.0. The van der Waals surface area contributed by atoms with Gasteiger partial charge < -0.3 is 14.3 Å². The van der Waals surface area contributed by atoms with Gasteiger partial charge in [0.15, 0.2) is 0 Å². The maximum Gasteiger partial charge on any atom is 0.314 e. The molecule has 1 aliphatic rings. The summed E-state index contributed by atoms with van der Waals surface area (Å²) < 4.78 is 11.0. The van der Waals surface area contributed by atoms with Gasteiger partial charge in [-0.15, -0.1) is 10.2 Å². The number of carbonyl (C=O) groups is 1. The van der Waals surface area contributed by atoms with Crippen LogP contribution in [0.15, 0.2) is 9.64 Å². The zero-order chi connectivity index (χ0) is 12.8. The van der Waals surface area contributed by atoms with Gasteiger partial charge >= 0.3 is 5.97 Å². The lowest BCUT2D eigenvalue weighted by Gasteiger charge is -2.21. The highest BCUT2D eigenvalue weighted by Crippen LogP contribution is 2.20. The van der Waals surface area contributed by atoms with Crippen LogP contribution < -0.4 is 0 Å². The molecule has 0 amide bonds. The Bertz CT molecular complexity index is 390. The van der Waals surface area contributed by atoms with Gasteiger partial charge in [-0.25, -0.2) is 0 Å². The van der Waals surface area contributed by atoms with Crippen LogP contribution in [0.2, 0.25) is 0 Å². The first-order valence-corrected chi connectivity index (χ1v) is 7.01. The molecule has 1 saturated heterocycles. The maximum atomic E-state index is 10.4. The van der Waals surface area contributed by atoms with Crippen LogP contribution in [0.4, 0.5) is 0 Å². The molecule has 100 valence electrons. The highest BCUT2D eigenvalue weighted by molar-refractivity contribution is 7.99. The minimum Gasteiger partial charge on any atom is -0.481 e. The van der Waals surface area contributed by atoms with Crippen LogP contribution in [-0.4, -0.2) is 39.7 Å². The fourth-order valence-corrected chi connectivity index (χ4v) is 2.34. The van der Waals surface area contributed by atoms with Crippen LogP contribution in [-0.2, 0) is 16.0 Å². The van der Waals surface area contributed by atoms with E-state index in [0.717, 1.165) is 37.6 Å². The number of aromatic nitrogens is 2. The third-order valence-electron chi connectivity index (χ3n) is 2.72. The summed E-state index contributed by atoms with van der Waals surface area (Å²) in [7, 11) is 0. The summed E-state index contributed by atoms with van der Waals surface area (Å²) in [5, 5.41) is 16.5. The van der Waals surface area contributed by atoms with E-state index in [1.807, 2.05) is 0 Å². The van der Waals surface area contributed by atoms with Crippen LogP contribution in [0.1, 0.15) is 31.6 Å². The van der Waals surface area contributed by atoms with Gasteiger partial charge in [0.2, 0.25) is 5.89 Å². The quantitative estimate of drug-likeness (QED) is 0.789.